The van der Waals surface area contributed by atoms with Crippen molar-refractivity contribution in [1.82, 2.24) is 30.2 Å². The van der Waals surface area contributed by atoms with E-state index in [0.717, 1.165) is 40.8 Å². The van der Waals surface area contributed by atoms with Gasteiger partial charge in [0.1, 0.15) is 24.2 Å². The summed E-state index contributed by atoms with van der Waals surface area (Å²) in [6.07, 6.45) is 14.4. The minimum Gasteiger partial charge on any atom is -0.445 e. The first-order valence-corrected chi connectivity index (χ1v) is 22.4. The van der Waals surface area contributed by atoms with E-state index in [2.05, 4.69) is 33.2 Å². The molecule has 19 heteroatoms. The molecule has 19 nitrogen and oxygen atoms in total. The highest BCUT2D eigenvalue weighted by Crippen LogP contribution is 2.32. The number of nitrogens with two attached hydrogens (primary N) is 2. The Morgan fingerprint density at radius 2 is 1.67 bits per heavy atom. The van der Waals surface area contributed by atoms with Crippen molar-refractivity contribution >= 4 is 63.8 Å². The number of likely N-dealkylation sites (tertiary alicyclic amines) is 1. The molecule has 2 aromatic carbocycles. The number of unbranched alkanes of at least 4 members (excludes halogenated alkanes) is 1. The number of fused-ring (bicyclic) bond motifs is 1. The molecular weight excluding hydrogens is 851 g/mol. The molecule has 1 aromatic heterocycles. The fraction of sp³-hybridized carbons (Fsp3) is 0.447. The molecule has 0 saturated carbocycles. The number of carbonyl (C=O) groups excluding carboxylic acids is 7. The smallest absolute Gasteiger partial charge is 0.410 e. The molecule has 4 atom stereocenters. The number of hydrogen-bond donors (Lipinski definition) is 5. The van der Waals surface area contributed by atoms with Crippen LogP contribution < -0.4 is 27.4 Å². The van der Waals surface area contributed by atoms with E-state index in [1.54, 1.807) is 46.0 Å². The van der Waals surface area contributed by atoms with Gasteiger partial charge >= 0.3 is 6.09 Å². The lowest BCUT2D eigenvalue weighted by atomic mass is 9.81. The fourth-order valence-electron chi connectivity index (χ4n) is 7.93. The first-order valence-electron chi connectivity index (χ1n) is 22.4. The van der Waals surface area contributed by atoms with Crippen LogP contribution in [0.3, 0.4) is 0 Å². The van der Waals surface area contributed by atoms with Crippen LogP contribution >= 0.6 is 0 Å². The highest BCUT2D eigenvalue weighted by Gasteiger charge is 2.30. The number of nitrogens with one attached hydrogen (secondary N) is 3. The zero-order chi connectivity index (χ0) is 47.0. The van der Waals surface area contributed by atoms with Gasteiger partial charge < -0.3 is 46.5 Å². The Labute approximate surface area is 382 Å². The van der Waals surface area contributed by atoms with Crippen molar-refractivity contribution in [3.63, 3.8) is 0 Å². The maximum Gasteiger partial charge on any atom is 0.410 e. The molecule has 1 unspecified atom stereocenters. The third-order valence-electron chi connectivity index (χ3n) is 11.6. The van der Waals surface area contributed by atoms with Gasteiger partial charge in [-0.15, -0.1) is 0 Å². The molecule has 7 N–H and O–H groups in total. The van der Waals surface area contributed by atoms with E-state index in [1.165, 1.54) is 19.1 Å². The predicted molar refractivity (Wildman–Crippen MR) is 244 cm³/mol. The normalized spacial score (nSPS) is 17.9. The molecule has 7 amide bonds. The zero-order valence-electron chi connectivity index (χ0n) is 37.2. The Kier molecular flexibility index (Phi) is 17.7. The number of allylic oxidation sites excluding steroid dienone is 4. The van der Waals surface area contributed by atoms with Crippen molar-refractivity contribution in [1.29, 1.82) is 0 Å². The average Bonchev–Trinajstić information content (AvgIpc) is 3.90. The maximum atomic E-state index is 13.4. The van der Waals surface area contributed by atoms with Crippen molar-refractivity contribution in [3.05, 3.63) is 90.2 Å². The summed E-state index contributed by atoms with van der Waals surface area (Å²) < 4.78 is 18.3. The highest BCUT2D eigenvalue weighted by atomic mass is 16.6. The van der Waals surface area contributed by atoms with Crippen molar-refractivity contribution in [2.45, 2.75) is 70.6 Å². The molecule has 0 bridgehead atoms. The molecule has 6 rings (SSSR count). The molecule has 3 heterocycles. The second kappa shape index (κ2) is 24.0. The Morgan fingerprint density at radius 3 is 2.38 bits per heavy atom. The van der Waals surface area contributed by atoms with E-state index in [9.17, 15) is 33.6 Å². The van der Waals surface area contributed by atoms with E-state index < -0.39 is 35.7 Å². The fourth-order valence-corrected chi connectivity index (χ4v) is 7.93. The molecule has 3 aliphatic rings. The monoisotopic (exact) mass is 909 g/mol. The van der Waals surface area contributed by atoms with Gasteiger partial charge in [-0.05, 0) is 93.7 Å². The zero-order valence-corrected chi connectivity index (χ0v) is 37.2. The number of anilines is 1. The number of amides is 7. The standard InChI is InChI=1S/C47H59N9O10/c1-31(50-40(57)20-24-64-26-27-65-25-23-55-41(58)18-19-42(55)59)45(61)52-39(9-2-3-21-48)46(62)51-36-14-10-32(11-15-36)30-66-47(63)54-22-5-7-34(28-54)33-12-16-37(17-13-33)56-29-35-6-4-8-38(44(49)60)43(35)53-56/h4,6,8,10-12,14-19,29,31,33-34,39H,2-3,5,7,9,13,20-28,30,48H2,1H3,(H2,49,60)(H,50,57)(H,51,62)(H,52,61)/t31-,33?,34+,39-/m0/s1. The summed E-state index contributed by atoms with van der Waals surface area (Å²) >= 11 is 0. The lowest BCUT2D eigenvalue weighted by molar-refractivity contribution is -0.137. The molecule has 1 saturated heterocycles. The van der Waals surface area contributed by atoms with Crippen LogP contribution in [-0.2, 0) is 44.8 Å². The van der Waals surface area contributed by atoms with Gasteiger partial charge in [0.15, 0.2) is 0 Å². The Bertz CT molecular complexity index is 2310. The largest absolute Gasteiger partial charge is 0.445 e. The van der Waals surface area contributed by atoms with E-state index in [4.69, 9.17) is 25.7 Å². The molecule has 3 aromatic rings. The van der Waals surface area contributed by atoms with Crippen LogP contribution in [0.4, 0.5) is 10.5 Å². The molecular formula is C47H59N9O10. The van der Waals surface area contributed by atoms with Gasteiger partial charge in [-0.3, -0.25) is 33.7 Å². The summed E-state index contributed by atoms with van der Waals surface area (Å²) in [5.41, 5.74) is 14.3. The number of carbonyl (C=O) groups is 7. The summed E-state index contributed by atoms with van der Waals surface area (Å²) in [5.74, 6) is -2.15. The molecule has 1 aliphatic carbocycles. The van der Waals surface area contributed by atoms with E-state index in [-0.39, 0.29) is 75.7 Å². The van der Waals surface area contributed by atoms with Crippen LogP contribution in [0, 0.1) is 11.8 Å². The van der Waals surface area contributed by atoms with E-state index in [0.29, 0.717) is 55.7 Å². The van der Waals surface area contributed by atoms with Crippen LogP contribution in [0.2, 0.25) is 0 Å². The Balaban J connectivity index is 0.891. The minimum atomic E-state index is -0.931. The summed E-state index contributed by atoms with van der Waals surface area (Å²) in [6, 6.07) is 10.4. The molecule has 0 radical (unpaired) electrons. The molecule has 66 heavy (non-hydrogen) atoms. The molecule has 0 spiro atoms. The third-order valence-corrected chi connectivity index (χ3v) is 11.6. The van der Waals surface area contributed by atoms with Gasteiger partial charge in [-0.1, -0.05) is 36.4 Å². The number of hydrogen-bond acceptors (Lipinski definition) is 12. The van der Waals surface area contributed by atoms with Crippen LogP contribution in [-0.4, -0.2) is 126 Å². The summed E-state index contributed by atoms with van der Waals surface area (Å²) in [5, 5.41) is 13.7. The van der Waals surface area contributed by atoms with Gasteiger partial charge in [0.2, 0.25) is 17.7 Å². The highest BCUT2D eigenvalue weighted by molar-refractivity contribution is 6.12. The SMILES string of the molecule is C[C@H](NC(=O)CCOCCOCCN1C(=O)C=CC1=O)C(=O)N[C@@H](CCCCN)C(=O)Nc1ccc(COC(=O)N2CCC[C@@H](C3C=CC(n4cc5cccc(C(N)=O)c5n4)=CC3)C2)cc1. The van der Waals surface area contributed by atoms with Crippen molar-refractivity contribution in [2.24, 2.45) is 23.3 Å². The van der Waals surface area contributed by atoms with Crippen LogP contribution in [0.1, 0.15) is 67.8 Å². The lowest BCUT2D eigenvalue weighted by Gasteiger charge is -2.36. The number of primary amides is 1. The van der Waals surface area contributed by atoms with Crippen LogP contribution in [0.25, 0.3) is 16.6 Å². The summed E-state index contributed by atoms with van der Waals surface area (Å²) in [6.45, 7) is 3.95. The quantitative estimate of drug-likeness (QED) is 0.0680. The van der Waals surface area contributed by atoms with Crippen molar-refractivity contribution < 1.29 is 47.8 Å². The maximum absolute atomic E-state index is 13.4. The number of rotatable bonds is 23. The Hall–Kier alpha value is -6.70. The second-order valence-electron chi connectivity index (χ2n) is 16.4. The van der Waals surface area contributed by atoms with Crippen LogP contribution in [0.5, 0.6) is 0 Å². The number of benzene rings is 2. The topological polar surface area (TPSA) is 260 Å². The number of imide groups is 1. The van der Waals surface area contributed by atoms with Gasteiger partial charge in [0.05, 0.1) is 44.2 Å². The number of piperidine rings is 1. The second-order valence-corrected chi connectivity index (χ2v) is 16.4. The van der Waals surface area contributed by atoms with Gasteiger partial charge in [0, 0.05) is 48.9 Å². The average molecular weight is 910 g/mol. The van der Waals surface area contributed by atoms with Crippen molar-refractivity contribution in [3.8, 4) is 0 Å². The molecule has 2 aliphatic heterocycles. The molecule has 352 valence electrons. The van der Waals surface area contributed by atoms with Gasteiger partial charge in [-0.2, -0.15) is 5.10 Å². The van der Waals surface area contributed by atoms with E-state index in [1.807, 2.05) is 18.3 Å². The lowest BCUT2D eigenvalue weighted by Crippen LogP contribution is -2.51. The van der Waals surface area contributed by atoms with E-state index >= 15 is 0 Å². The predicted octanol–water partition coefficient (Wildman–Crippen LogP) is 3.01. The first kappa shape index (κ1) is 48.7. The first-order chi connectivity index (χ1) is 31.9. The minimum absolute atomic E-state index is 0.0112. The summed E-state index contributed by atoms with van der Waals surface area (Å²) in [7, 11) is 0. The third kappa shape index (κ3) is 13.7. The number of nitrogens with zero attached hydrogens (tertiary/aromatic N) is 4. The van der Waals surface area contributed by atoms with Crippen LogP contribution in [0.15, 0.2) is 79.0 Å². The summed E-state index contributed by atoms with van der Waals surface area (Å²) in [4.78, 5) is 90.1. The van der Waals surface area contributed by atoms with Gasteiger partial charge in [0.25, 0.3) is 17.7 Å². The Morgan fingerprint density at radius 1 is 0.909 bits per heavy atom. The molecule has 1 fully saturated rings. The number of ether oxygens (including phenoxy) is 3. The van der Waals surface area contributed by atoms with Crippen molar-refractivity contribution in [2.75, 3.05) is 57.9 Å². The number of aromatic nitrogens is 2. The van der Waals surface area contributed by atoms with Gasteiger partial charge in [-0.25, -0.2) is 9.48 Å².